The number of alkyl halides is 3. The summed E-state index contributed by atoms with van der Waals surface area (Å²) < 4.78 is 41.5. The average molecular weight is 453 g/mol. The molecular weight excluding hydrogens is 431 g/mol. The highest BCUT2D eigenvalue weighted by Gasteiger charge is 2.34. The Labute approximate surface area is 188 Å². The van der Waals surface area contributed by atoms with E-state index in [1.807, 2.05) is 20.8 Å². The number of carbonyl (C=O) groups excluding carboxylic acids is 1. The van der Waals surface area contributed by atoms with Gasteiger partial charge < -0.3 is 10.3 Å². The number of hydrogen-bond donors (Lipinski definition) is 2. The molecule has 0 saturated carbocycles. The van der Waals surface area contributed by atoms with Crippen molar-refractivity contribution < 1.29 is 18.0 Å². The topological polar surface area (TPSA) is 83.6 Å². The molecule has 0 saturated heterocycles. The van der Waals surface area contributed by atoms with Gasteiger partial charge >= 0.3 is 6.18 Å². The van der Waals surface area contributed by atoms with Gasteiger partial charge in [-0.3, -0.25) is 9.78 Å². The van der Waals surface area contributed by atoms with Gasteiger partial charge in [-0.2, -0.15) is 13.2 Å². The minimum Gasteiger partial charge on any atom is -0.347 e. The highest BCUT2D eigenvalue weighted by atomic mass is 19.4. The SMILES string of the molecule is CC(C)(C)c1ccc(C(=O)NCc2ccc(-c3ncnc4[nH]ccc34)cc2C(F)(F)F)nc1. The molecule has 2 N–H and O–H groups in total. The Balaban J connectivity index is 1.59. The zero-order chi connectivity index (χ0) is 23.8. The molecule has 3 heterocycles. The van der Waals surface area contributed by atoms with Gasteiger partial charge in [0.2, 0.25) is 0 Å². The Kier molecular flexibility index (Phi) is 5.65. The van der Waals surface area contributed by atoms with Crippen LogP contribution in [0.4, 0.5) is 13.2 Å². The van der Waals surface area contributed by atoms with Crippen LogP contribution in [0.3, 0.4) is 0 Å². The second-order valence-corrected chi connectivity index (χ2v) is 8.70. The van der Waals surface area contributed by atoms with Crippen LogP contribution in [0.5, 0.6) is 0 Å². The number of fused-ring (bicyclic) bond motifs is 1. The molecule has 0 aliphatic carbocycles. The monoisotopic (exact) mass is 453 g/mol. The molecule has 0 fully saturated rings. The first kappa shape index (κ1) is 22.4. The van der Waals surface area contributed by atoms with E-state index in [1.54, 1.807) is 36.7 Å². The Morgan fingerprint density at radius 2 is 1.82 bits per heavy atom. The van der Waals surface area contributed by atoms with Crippen molar-refractivity contribution in [1.29, 1.82) is 0 Å². The molecule has 0 atom stereocenters. The quantitative estimate of drug-likeness (QED) is 0.441. The fourth-order valence-electron chi connectivity index (χ4n) is 3.48. The van der Waals surface area contributed by atoms with E-state index in [2.05, 4.69) is 25.3 Å². The summed E-state index contributed by atoms with van der Waals surface area (Å²) in [6, 6.07) is 9.04. The molecule has 0 bridgehead atoms. The lowest BCUT2D eigenvalue weighted by atomic mass is 9.88. The number of nitrogens with one attached hydrogen (secondary N) is 2. The first-order valence-electron chi connectivity index (χ1n) is 10.3. The first-order valence-corrected chi connectivity index (χ1v) is 10.3. The lowest BCUT2D eigenvalue weighted by Crippen LogP contribution is -2.25. The standard InChI is InChI=1S/C24H22F3N5O/c1-23(2,3)16-6-7-19(29-12-16)22(33)30-11-15-5-4-14(10-18(15)24(25,26)27)20-17-8-9-28-21(17)32-13-31-20/h4-10,12-13H,11H2,1-3H3,(H,30,33)(H,28,31,32). The number of hydrogen-bond acceptors (Lipinski definition) is 4. The summed E-state index contributed by atoms with van der Waals surface area (Å²) in [6.45, 7) is 5.78. The Hall–Kier alpha value is -3.75. The largest absolute Gasteiger partial charge is 0.416 e. The van der Waals surface area contributed by atoms with E-state index >= 15 is 0 Å². The maximum Gasteiger partial charge on any atom is 0.416 e. The summed E-state index contributed by atoms with van der Waals surface area (Å²) in [5.41, 5.74) is 1.33. The van der Waals surface area contributed by atoms with Gasteiger partial charge in [0.25, 0.3) is 5.91 Å². The molecule has 33 heavy (non-hydrogen) atoms. The molecule has 0 unspecified atom stereocenters. The van der Waals surface area contributed by atoms with Crippen molar-refractivity contribution in [3.63, 3.8) is 0 Å². The minimum atomic E-state index is -4.60. The van der Waals surface area contributed by atoms with Gasteiger partial charge in [-0.1, -0.05) is 39.0 Å². The van der Waals surface area contributed by atoms with Crippen LogP contribution in [0.25, 0.3) is 22.3 Å². The predicted molar refractivity (Wildman–Crippen MR) is 118 cm³/mol. The number of carbonyl (C=O) groups is 1. The van der Waals surface area contributed by atoms with E-state index in [0.717, 1.165) is 11.6 Å². The number of H-pyrrole nitrogens is 1. The maximum absolute atomic E-state index is 13.8. The predicted octanol–water partition coefficient (Wildman–Crippen LogP) is 5.27. The normalized spacial score (nSPS) is 12.2. The van der Waals surface area contributed by atoms with Crippen LogP contribution in [0.2, 0.25) is 0 Å². The molecule has 1 amide bonds. The number of nitrogens with zero attached hydrogens (tertiary/aromatic N) is 3. The van der Waals surface area contributed by atoms with E-state index < -0.39 is 17.6 Å². The van der Waals surface area contributed by atoms with Crippen molar-refractivity contribution in [2.24, 2.45) is 0 Å². The molecule has 0 radical (unpaired) electrons. The van der Waals surface area contributed by atoms with Crippen LogP contribution in [0.1, 0.15) is 48.0 Å². The van der Waals surface area contributed by atoms with Crippen molar-refractivity contribution in [1.82, 2.24) is 25.3 Å². The minimum absolute atomic E-state index is 0.0507. The summed E-state index contributed by atoms with van der Waals surface area (Å²) >= 11 is 0. The van der Waals surface area contributed by atoms with Crippen LogP contribution < -0.4 is 5.32 Å². The second-order valence-electron chi connectivity index (χ2n) is 8.70. The van der Waals surface area contributed by atoms with E-state index in [-0.39, 0.29) is 23.2 Å². The van der Waals surface area contributed by atoms with Gasteiger partial charge in [-0.15, -0.1) is 0 Å². The molecule has 1 aromatic carbocycles. The van der Waals surface area contributed by atoms with Gasteiger partial charge in [-0.25, -0.2) is 9.97 Å². The third-order valence-corrected chi connectivity index (χ3v) is 5.34. The summed E-state index contributed by atoms with van der Waals surface area (Å²) in [5.74, 6) is -0.544. The fraction of sp³-hybridized carbons (Fsp3) is 0.250. The fourth-order valence-corrected chi connectivity index (χ4v) is 3.48. The average Bonchev–Trinajstić information content (AvgIpc) is 3.25. The van der Waals surface area contributed by atoms with E-state index in [4.69, 9.17) is 0 Å². The maximum atomic E-state index is 13.8. The Morgan fingerprint density at radius 1 is 1.03 bits per heavy atom. The van der Waals surface area contributed by atoms with Crippen molar-refractivity contribution >= 4 is 16.9 Å². The third-order valence-electron chi connectivity index (χ3n) is 5.34. The van der Waals surface area contributed by atoms with E-state index in [0.29, 0.717) is 22.3 Å². The number of amides is 1. The Bertz CT molecular complexity index is 1300. The molecule has 3 aromatic heterocycles. The zero-order valence-electron chi connectivity index (χ0n) is 18.3. The van der Waals surface area contributed by atoms with Gasteiger partial charge in [-0.05, 0) is 34.7 Å². The van der Waals surface area contributed by atoms with Gasteiger partial charge in [0.05, 0.1) is 11.3 Å². The lowest BCUT2D eigenvalue weighted by molar-refractivity contribution is -0.138. The lowest BCUT2D eigenvalue weighted by Gasteiger charge is -2.18. The molecule has 0 aliphatic heterocycles. The van der Waals surface area contributed by atoms with Gasteiger partial charge in [0.1, 0.15) is 17.7 Å². The van der Waals surface area contributed by atoms with Crippen LogP contribution in [-0.4, -0.2) is 25.8 Å². The number of benzene rings is 1. The molecule has 170 valence electrons. The Morgan fingerprint density at radius 3 is 2.48 bits per heavy atom. The van der Waals surface area contributed by atoms with Crippen molar-refractivity contribution in [2.45, 2.75) is 38.9 Å². The van der Waals surface area contributed by atoms with E-state index in [1.165, 1.54) is 12.4 Å². The summed E-state index contributed by atoms with van der Waals surface area (Å²) in [5, 5.41) is 3.16. The molecule has 0 spiro atoms. The molecule has 0 aliphatic rings. The molecule has 4 aromatic rings. The van der Waals surface area contributed by atoms with Gasteiger partial charge in [0.15, 0.2) is 0 Å². The van der Waals surface area contributed by atoms with Crippen molar-refractivity contribution in [2.75, 3.05) is 0 Å². The highest BCUT2D eigenvalue weighted by Crippen LogP contribution is 2.36. The zero-order valence-corrected chi connectivity index (χ0v) is 18.3. The van der Waals surface area contributed by atoms with Crippen LogP contribution in [0.15, 0.2) is 55.1 Å². The summed E-state index contributed by atoms with van der Waals surface area (Å²) in [4.78, 5) is 27.8. The van der Waals surface area contributed by atoms with Gasteiger partial charge in [0, 0.05) is 29.9 Å². The smallest absolute Gasteiger partial charge is 0.347 e. The molecule has 4 rings (SSSR count). The molecule has 9 heteroatoms. The number of pyridine rings is 1. The van der Waals surface area contributed by atoms with E-state index in [9.17, 15) is 18.0 Å². The molecule has 6 nitrogen and oxygen atoms in total. The highest BCUT2D eigenvalue weighted by molar-refractivity contribution is 5.92. The number of halogens is 3. The van der Waals surface area contributed by atoms with Crippen LogP contribution in [0, 0.1) is 0 Å². The third kappa shape index (κ3) is 4.72. The van der Waals surface area contributed by atoms with Crippen molar-refractivity contribution in [3.8, 4) is 11.3 Å². The number of rotatable bonds is 4. The number of aromatic nitrogens is 4. The second kappa shape index (κ2) is 8.31. The molecular formula is C24H22F3N5O. The first-order chi connectivity index (χ1) is 15.5. The van der Waals surface area contributed by atoms with Crippen LogP contribution in [-0.2, 0) is 18.1 Å². The summed E-state index contributed by atoms with van der Waals surface area (Å²) in [7, 11) is 0. The van der Waals surface area contributed by atoms with Crippen LogP contribution >= 0.6 is 0 Å². The summed E-state index contributed by atoms with van der Waals surface area (Å²) in [6.07, 6.45) is -0.0474. The van der Waals surface area contributed by atoms with Crippen molar-refractivity contribution in [3.05, 3.63) is 77.5 Å². The number of aromatic amines is 1.